The zero-order valence-electron chi connectivity index (χ0n) is 12.9. The Labute approximate surface area is 122 Å². The zero-order valence-corrected chi connectivity index (χ0v) is 12.9. The Morgan fingerprint density at radius 1 is 1.05 bits per heavy atom. The molecule has 4 heteroatoms. The lowest BCUT2D eigenvalue weighted by molar-refractivity contribution is -0.141. The fraction of sp³-hybridized carbons (Fsp3) is 0.750. The lowest BCUT2D eigenvalue weighted by atomic mass is 10.1. The molecule has 0 spiro atoms. The molecule has 116 valence electrons. The first-order valence-corrected chi connectivity index (χ1v) is 7.79. The third-order valence-electron chi connectivity index (χ3n) is 3.17. The van der Waals surface area contributed by atoms with Crippen molar-refractivity contribution in [3.63, 3.8) is 0 Å². The lowest BCUT2D eigenvalue weighted by Gasteiger charge is -2.13. The number of nitrogens with one attached hydrogen (secondary N) is 1. The third-order valence-corrected chi connectivity index (χ3v) is 3.17. The molecule has 0 bridgehead atoms. The molecule has 0 radical (unpaired) electrons. The summed E-state index contributed by atoms with van der Waals surface area (Å²) < 4.78 is 0. The fourth-order valence-corrected chi connectivity index (χ4v) is 1.92. The summed E-state index contributed by atoms with van der Waals surface area (Å²) in [5.41, 5.74) is 0. The molecule has 0 aliphatic carbocycles. The number of carboxylic acid groups (broad SMARTS) is 1. The minimum absolute atomic E-state index is 0.210. The molecule has 0 aromatic rings. The van der Waals surface area contributed by atoms with Gasteiger partial charge in [-0.25, -0.2) is 4.79 Å². The van der Waals surface area contributed by atoms with E-state index in [0.717, 1.165) is 25.7 Å². The molecule has 4 nitrogen and oxygen atoms in total. The van der Waals surface area contributed by atoms with E-state index in [0.29, 0.717) is 6.42 Å². The summed E-state index contributed by atoms with van der Waals surface area (Å²) in [4.78, 5) is 22.6. The molecule has 2 N–H and O–H groups in total. The average Bonchev–Trinajstić information content (AvgIpc) is 2.42. The first-order valence-electron chi connectivity index (χ1n) is 7.79. The van der Waals surface area contributed by atoms with Crippen molar-refractivity contribution in [3.8, 4) is 0 Å². The molecule has 0 aromatic heterocycles. The molecule has 1 atom stereocenters. The second-order valence-electron chi connectivity index (χ2n) is 5.13. The van der Waals surface area contributed by atoms with Crippen LogP contribution in [0.15, 0.2) is 12.2 Å². The van der Waals surface area contributed by atoms with Crippen LogP contribution in [-0.2, 0) is 9.59 Å². The molecule has 0 aromatic carbocycles. The SMILES string of the molecule is CCCCCC/C=C/CC(=O)N[C@H](CCCC)C(=O)O. The second kappa shape index (κ2) is 12.7. The number of hydrogen-bond acceptors (Lipinski definition) is 2. The van der Waals surface area contributed by atoms with E-state index in [1.165, 1.54) is 19.3 Å². The summed E-state index contributed by atoms with van der Waals surface area (Å²) in [6, 6.07) is -0.750. The van der Waals surface area contributed by atoms with Crippen LogP contribution in [0.3, 0.4) is 0 Å². The van der Waals surface area contributed by atoms with E-state index in [9.17, 15) is 9.59 Å². The molecule has 1 amide bonds. The minimum Gasteiger partial charge on any atom is -0.480 e. The summed E-state index contributed by atoms with van der Waals surface area (Å²) in [7, 11) is 0. The standard InChI is InChI=1S/C16H29NO3/c1-3-5-7-8-9-10-11-13-15(18)17-14(16(19)20)12-6-4-2/h10-11,14H,3-9,12-13H2,1-2H3,(H,17,18)(H,19,20)/b11-10+/t14-/m1/s1. The van der Waals surface area contributed by atoms with Gasteiger partial charge in [0.05, 0.1) is 0 Å². The van der Waals surface area contributed by atoms with Gasteiger partial charge in [-0.05, 0) is 19.3 Å². The Balaban J connectivity index is 3.83. The number of allylic oxidation sites excluding steroid dienone is 1. The van der Waals surface area contributed by atoms with Gasteiger partial charge in [0.1, 0.15) is 6.04 Å². The molecule has 0 aliphatic rings. The van der Waals surface area contributed by atoms with Crippen molar-refractivity contribution in [2.75, 3.05) is 0 Å². The average molecular weight is 283 g/mol. The highest BCUT2D eigenvalue weighted by Crippen LogP contribution is 2.04. The van der Waals surface area contributed by atoms with E-state index in [1.807, 2.05) is 19.1 Å². The predicted octanol–water partition coefficient (Wildman–Crippen LogP) is 3.66. The van der Waals surface area contributed by atoms with Gasteiger partial charge in [0.2, 0.25) is 5.91 Å². The van der Waals surface area contributed by atoms with Crippen LogP contribution in [0.1, 0.15) is 71.6 Å². The number of amides is 1. The molecule has 0 saturated carbocycles. The Morgan fingerprint density at radius 2 is 1.75 bits per heavy atom. The zero-order chi connectivity index (χ0) is 15.2. The summed E-state index contributed by atoms with van der Waals surface area (Å²) in [6.07, 6.45) is 12.2. The van der Waals surface area contributed by atoms with Crippen LogP contribution < -0.4 is 5.32 Å². The first kappa shape index (κ1) is 18.7. The van der Waals surface area contributed by atoms with Crippen molar-refractivity contribution in [2.24, 2.45) is 0 Å². The normalized spacial score (nSPS) is 12.5. The Bertz CT molecular complexity index is 300. The smallest absolute Gasteiger partial charge is 0.326 e. The second-order valence-corrected chi connectivity index (χ2v) is 5.13. The molecule has 0 aliphatic heterocycles. The van der Waals surface area contributed by atoms with Crippen molar-refractivity contribution in [2.45, 2.75) is 77.7 Å². The van der Waals surface area contributed by atoms with Crippen LogP contribution in [-0.4, -0.2) is 23.0 Å². The monoisotopic (exact) mass is 283 g/mol. The van der Waals surface area contributed by atoms with E-state index >= 15 is 0 Å². The maximum Gasteiger partial charge on any atom is 0.326 e. The van der Waals surface area contributed by atoms with Crippen LogP contribution >= 0.6 is 0 Å². The van der Waals surface area contributed by atoms with Crippen LogP contribution in [0, 0.1) is 0 Å². The van der Waals surface area contributed by atoms with E-state index < -0.39 is 12.0 Å². The van der Waals surface area contributed by atoms with Gasteiger partial charge in [-0.2, -0.15) is 0 Å². The van der Waals surface area contributed by atoms with E-state index in [2.05, 4.69) is 12.2 Å². The summed E-state index contributed by atoms with van der Waals surface area (Å²) in [5, 5.41) is 11.6. The molecule has 0 saturated heterocycles. The largest absolute Gasteiger partial charge is 0.480 e. The minimum atomic E-state index is -0.949. The number of aliphatic carboxylic acids is 1. The number of carbonyl (C=O) groups excluding carboxylic acids is 1. The number of unbranched alkanes of at least 4 members (excludes halogenated alkanes) is 5. The number of rotatable bonds is 12. The van der Waals surface area contributed by atoms with Crippen LogP contribution in [0.2, 0.25) is 0 Å². The third kappa shape index (κ3) is 10.6. The molecule has 0 fully saturated rings. The quantitative estimate of drug-likeness (QED) is 0.424. The van der Waals surface area contributed by atoms with Crippen molar-refractivity contribution in [3.05, 3.63) is 12.2 Å². The lowest BCUT2D eigenvalue weighted by Crippen LogP contribution is -2.40. The van der Waals surface area contributed by atoms with E-state index in [-0.39, 0.29) is 12.3 Å². The van der Waals surface area contributed by atoms with E-state index in [1.54, 1.807) is 0 Å². The first-order chi connectivity index (χ1) is 9.61. The van der Waals surface area contributed by atoms with Gasteiger partial charge in [0.25, 0.3) is 0 Å². The summed E-state index contributed by atoms with van der Waals surface area (Å²) in [5.74, 6) is -1.16. The van der Waals surface area contributed by atoms with Crippen LogP contribution in [0.5, 0.6) is 0 Å². The van der Waals surface area contributed by atoms with Gasteiger partial charge in [-0.15, -0.1) is 0 Å². The fourth-order valence-electron chi connectivity index (χ4n) is 1.92. The predicted molar refractivity (Wildman–Crippen MR) is 81.6 cm³/mol. The number of carbonyl (C=O) groups is 2. The highest BCUT2D eigenvalue weighted by Gasteiger charge is 2.18. The highest BCUT2D eigenvalue weighted by atomic mass is 16.4. The summed E-state index contributed by atoms with van der Waals surface area (Å²) in [6.45, 7) is 4.18. The maximum atomic E-state index is 11.6. The molecule has 20 heavy (non-hydrogen) atoms. The van der Waals surface area contributed by atoms with Gasteiger partial charge in [-0.3, -0.25) is 4.79 Å². The topological polar surface area (TPSA) is 66.4 Å². The Hall–Kier alpha value is -1.32. The number of carboxylic acids is 1. The van der Waals surface area contributed by atoms with Crippen LogP contribution in [0.25, 0.3) is 0 Å². The Morgan fingerprint density at radius 3 is 2.35 bits per heavy atom. The van der Waals surface area contributed by atoms with Gasteiger partial charge in [-0.1, -0.05) is 58.1 Å². The Kier molecular flexibility index (Phi) is 11.9. The summed E-state index contributed by atoms with van der Waals surface area (Å²) >= 11 is 0. The van der Waals surface area contributed by atoms with Crippen molar-refractivity contribution < 1.29 is 14.7 Å². The van der Waals surface area contributed by atoms with Crippen molar-refractivity contribution >= 4 is 11.9 Å². The highest BCUT2D eigenvalue weighted by molar-refractivity contribution is 5.84. The van der Waals surface area contributed by atoms with Crippen molar-refractivity contribution in [1.29, 1.82) is 0 Å². The number of hydrogen-bond donors (Lipinski definition) is 2. The molecular weight excluding hydrogens is 254 g/mol. The van der Waals surface area contributed by atoms with Gasteiger partial charge in [0, 0.05) is 6.42 Å². The van der Waals surface area contributed by atoms with E-state index in [4.69, 9.17) is 5.11 Å². The molecular formula is C16H29NO3. The molecule has 0 unspecified atom stereocenters. The van der Waals surface area contributed by atoms with Gasteiger partial charge >= 0.3 is 5.97 Å². The molecule has 0 heterocycles. The van der Waals surface area contributed by atoms with Gasteiger partial charge in [0.15, 0.2) is 0 Å². The van der Waals surface area contributed by atoms with Gasteiger partial charge < -0.3 is 10.4 Å². The molecule has 0 rings (SSSR count). The van der Waals surface area contributed by atoms with Crippen LogP contribution in [0.4, 0.5) is 0 Å². The van der Waals surface area contributed by atoms with Crippen molar-refractivity contribution in [1.82, 2.24) is 5.32 Å². The maximum absolute atomic E-state index is 11.6.